The summed E-state index contributed by atoms with van der Waals surface area (Å²) >= 11 is 1.47. The van der Waals surface area contributed by atoms with E-state index in [4.69, 9.17) is 66.4 Å². The highest BCUT2D eigenvalue weighted by Gasteiger charge is 2.57. The maximum atomic E-state index is 15.6. The molecular weight excluding hydrogens is 1240 g/mol. The van der Waals surface area contributed by atoms with E-state index in [9.17, 15) is 34.8 Å². The highest BCUT2D eigenvalue weighted by Crippen LogP contribution is 2.44. The van der Waals surface area contributed by atoms with Gasteiger partial charge in [-0.05, 0) is 55.3 Å². The predicted molar refractivity (Wildman–Crippen MR) is 330 cm³/mol. The number of fused-ring (bicyclic) bond motifs is 2. The van der Waals surface area contributed by atoms with Gasteiger partial charge in [0, 0.05) is 61.4 Å². The molecule has 4 heterocycles. The lowest BCUT2D eigenvalue weighted by molar-refractivity contribution is -0.336. The van der Waals surface area contributed by atoms with E-state index >= 15 is 4.79 Å². The number of carbonyl (C=O) groups excluding carboxylic acids is 4. The van der Waals surface area contributed by atoms with Crippen LogP contribution in [0.5, 0.6) is 11.5 Å². The van der Waals surface area contributed by atoms with Gasteiger partial charge in [0.25, 0.3) is 5.91 Å². The van der Waals surface area contributed by atoms with Gasteiger partial charge in [0.1, 0.15) is 30.5 Å². The predicted octanol–water partition coefficient (Wildman–Crippen LogP) is 3.42. The Bertz CT molecular complexity index is 2890. The van der Waals surface area contributed by atoms with E-state index in [0.29, 0.717) is 0 Å². The number of methoxy groups -OCH3 is 5. The van der Waals surface area contributed by atoms with Crippen LogP contribution in [0.3, 0.4) is 0 Å². The minimum atomic E-state index is -2.66. The second kappa shape index (κ2) is 33.3. The third-order valence-corrected chi connectivity index (χ3v) is 20.2. The first-order valence-corrected chi connectivity index (χ1v) is 33.8. The summed E-state index contributed by atoms with van der Waals surface area (Å²) in [4.78, 5) is 62.5. The van der Waals surface area contributed by atoms with Crippen LogP contribution in [-0.2, 0) is 66.5 Å². The molecule has 2 amide bonds. The lowest BCUT2D eigenvalue weighted by Gasteiger charge is -2.47. The number of amides is 2. The quantitative estimate of drug-likeness (QED) is 0.0132. The van der Waals surface area contributed by atoms with Crippen molar-refractivity contribution in [1.82, 2.24) is 16.1 Å². The molecule has 492 valence electrons. The molecular formula is C59H80N4O22S4. The lowest BCUT2D eigenvalue weighted by Crippen LogP contribution is -2.65. The first kappa shape index (κ1) is 71.8. The molecule has 0 spiro atoms. The van der Waals surface area contributed by atoms with Gasteiger partial charge in [-0.15, -0.1) is 0 Å². The number of benzene rings is 1. The van der Waals surface area contributed by atoms with Crippen molar-refractivity contribution >= 4 is 72.6 Å². The summed E-state index contributed by atoms with van der Waals surface area (Å²) in [6.45, 7) is 12.6. The molecule has 4 saturated heterocycles. The van der Waals surface area contributed by atoms with Crippen LogP contribution in [0.4, 0.5) is 10.5 Å². The average Bonchev–Trinajstić information content (AvgIpc) is 0.971. The van der Waals surface area contributed by atoms with Crippen LogP contribution in [0.1, 0.15) is 64.2 Å². The van der Waals surface area contributed by atoms with Crippen molar-refractivity contribution in [1.29, 1.82) is 0 Å². The molecule has 6 aliphatic rings. The third kappa shape index (κ3) is 17.6. The SMILES string of the molecule is C=C(OC)C(=O)Nc1cc(OC)c(OC)cc1C(=O)O[C@@H]1C[C@@H](O[C@@H]2C(=O)C(NC(=O)OC)=C3/C(=C/CSSSC)[C@]2(O)C#C/C=C/C#C[C@@H]3O[C@@H]2O[C@H](C)[C@@H](NO[C@H]3C[C@H](O)[C@H](SC)[C@@H](C)O3)[C@H](O)[C@H]2O[C@H]2C[C@H](OC)[C@@H](NC(C)C)CO2)O[C@H](C)[C@@H]1O. The molecule has 2 bridgehead atoms. The number of ether oxygens (including phenoxy) is 13. The number of rotatable bonds is 25. The van der Waals surface area contributed by atoms with Crippen LogP contribution in [0.2, 0.25) is 0 Å². The molecule has 8 N–H and O–H groups in total. The molecule has 0 unspecified atom stereocenters. The van der Waals surface area contributed by atoms with Crippen molar-refractivity contribution in [3.63, 3.8) is 0 Å². The highest BCUT2D eigenvalue weighted by molar-refractivity contribution is 9.09. The minimum Gasteiger partial charge on any atom is -0.493 e. The molecule has 7 rings (SSSR count). The van der Waals surface area contributed by atoms with Gasteiger partial charge in [-0.25, -0.2) is 9.59 Å². The summed E-state index contributed by atoms with van der Waals surface area (Å²) in [6, 6.07) is 1.39. The summed E-state index contributed by atoms with van der Waals surface area (Å²) in [7, 11) is 10.8. The van der Waals surface area contributed by atoms with Crippen molar-refractivity contribution < 1.29 is 106 Å². The van der Waals surface area contributed by atoms with Gasteiger partial charge in [-0.3, -0.25) is 19.7 Å². The van der Waals surface area contributed by atoms with Crippen LogP contribution in [0, 0.1) is 23.7 Å². The Labute approximate surface area is 533 Å². The number of hydrogen-bond donors (Lipinski definition) is 8. The Balaban J connectivity index is 1.27. The van der Waals surface area contributed by atoms with Crippen LogP contribution in [-0.4, -0.2) is 226 Å². The molecule has 4 aliphatic heterocycles. The first-order chi connectivity index (χ1) is 42.5. The van der Waals surface area contributed by atoms with Gasteiger partial charge >= 0.3 is 12.1 Å². The fraction of sp³-hybridized carbons (Fsp3) is 0.627. The van der Waals surface area contributed by atoms with Crippen LogP contribution >= 0.6 is 43.2 Å². The van der Waals surface area contributed by atoms with Crippen molar-refractivity contribution in [2.24, 2.45) is 0 Å². The van der Waals surface area contributed by atoms with E-state index in [2.05, 4.69) is 51.7 Å². The van der Waals surface area contributed by atoms with E-state index in [1.807, 2.05) is 33.3 Å². The van der Waals surface area contributed by atoms with Gasteiger partial charge < -0.3 is 92.6 Å². The molecule has 0 aromatic heterocycles. The standard InChI is InChI=1S/C59H80N4O22S4/c1-28(2)60-36-27-77-43(25-39(36)73-8)83-52-50(66)47(63-85-45-24-37(64)53(86-12)31(5)79-45)29(3)80-57(52)82-38-18-16-14-15-17-20-59(71)34(19-21-88-89-87-13)46(38)48(62-58(70)76-11)51(67)54(59)84-44-26-42(49(65)30(4)78-44)81-56(69)33-22-40(74-9)41(75-10)23-35(33)61-55(68)32(6)72-7/h14-15,19,22-23,28-31,36-39,42-45,47,49-50,52-54,57,60,63-66,71H,6,21,24-27H2,1-5,7-13H3,(H,61,68)(H,62,70)/b15-14+,34-19-/t29-,30-,31-,36+,37+,38+,39+,42-,43+,44-,45+,47-,49+,50+,52-,53-,54-,57+,59-/m1/s1. The van der Waals surface area contributed by atoms with Crippen molar-refractivity contribution in [2.75, 3.05) is 65.7 Å². The zero-order chi connectivity index (χ0) is 64.9. The van der Waals surface area contributed by atoms with Gasteiger partial charge in [-0.1, -0.05) is 71.8 Å². The second-order valence-electron chi connectivity index (χ2n) is 21.4. The molecule has 26 nitrogen and oxygen atoms in total. The normalized spacial score (nSPS) is 34.4. The van der Waals surface area contributed by atoms with Gasteiger partial charge in [0.15, 0.2) is 54.1 Å². The Hall–Kier alpha value is -4.62. The molecule has 1 aromatic carbocycles. The van der Waals surface area contributed by atoms with E-state index in [1.54, 1.807) is 20.1 Å². The van der Waals surface area contributed by atoms with Gasteiger partial charge in [-0.2, -0.15) is 17.2 Å². The fourth-order valence-electron chi connectivity index (χ4n) is 10.8. The number of aliphatic hydroxyl groups is 4. The largest absolute Gasteiger partial charge is 0.493 e. The topological polar surface area (TPSA) is 327 Å². The summed E-state index contributed by atoms with van der Waals surface area (Å²) in [5.74, 6) is 8.60. The van der Waals surface area contributed by atoms with E-state index in [1.165, 1.54) is 95.7 Å². The molecule has 0 saturated carbocycles. The zero-order valence-corrected chi connectivity index (χ0v) is 54.6. The van der Waals surface area contributed by atoms with Crippen LogP contribution in [0.25, 0.3) is 0 Å². The lowest BCUT2D eigenvalue weighted by atomic mass is 9.73. The zero-order valence-electron chi connectivity index (χ0n) is 51.4. The Morgan fingerprint density at radius 2 is 1.56 bits per heavy atom. The first-order valence-electron chi connectivity index (χ1n) is 28.4. The molecule has 19 atom stereocenters. The summed E-state index contributed by atoms with van der Waals surface area (Å²) in [5.41, 5.74) is -0.949. The number of thioether (sulfide) groups is 1. The number of anilines is 1. The number of esters is 1. The number of hydroxylamine groups is 1. The number of nitrogens with one attached hydrogen (secondary N) is 4. The number of hydrogen-bond acceptors (Lipinski definition) is 28. The second-order valence-corrected chi connectivity index (χ2v) is 26.8. The molecule has 89 heavy (non-hydrogen) atoms. The Morgan fingerprint density at radius 1 is 0.854 bits per heavy atom. The third-order valence-electron chi connectivity index (χ3n) is 15.2. The summed E-state index contributed by atoms with van der Waals surface area (Å²) < 4.78 is 77.9. The van der Waals surface area contributed by atoms with Crippen LogP contribution in [0.15, 0.2) is 59.5 Å². The molecule has 0 radical (unpaired) electrons. The summed E-state index contributed by atoms with van der Waals surface area (Å²) in [6.07, 6.45) is -11.7. The number of ketones is 1. The average molecular weight is 1330 g/mol. The molecule has 1 aromatic rings. The van der Waals surface area contributed by atoms with E-state index in [0.717, 1.165) is 7.11 Å². The smallest absolute Gasteiger partial charge is 0.411 e. The van der Waals surface area contributed by atoms with E-state index < -0.39 is 134 Å². The number of aliphatic hydroxyl groups excluding tert-OH is 3. The minimum absolute atomic E-state index is 0.0843. The van der Waals surface area contributed by atoms with E-state index in [-0.39, 0.29) is 88.3 Å². The Kier molecular flexibility index (Phi) is 26.9. The number of carbonyl (C=O) groups is 4. The molecule has 4 fully saturated rings. The van der Waals surface area contributed by atoms with Crippen LogP contribution < -0.4 is 30.9 Å². The fourth-order valence-corrected chi connectivity index (χ4v) is 14.1. The van der Waals surface area contributed by atoms with Gasteiger partial charge in [0.05, 0.1) is 99.8 Å². The maximum absolute atomic E-state index is 15.6. The summed E-state index contributed by atoms with van der Waals surface area (Å²) in [5, 5.41) is 56.8. The van der Waals surface area contributed by atoms with Crippen molar-refractivity contribution in [3.05, 3.63) is 65.1 Å². The molecule has 2 aliphatic carbocycles. The molecule has 30 heteroatoms. The van der Waals surface area contributed by atoms with Gasteiger partial charge in [0.2, 0.25) is 5.78 Å². The van der Waals surface area contributed by atoms with Crippen molar-refractivity contribution in [3.8, 4) is 35.2 Å². The number of alkyl carbamates (subject to hydrolysis) is 1. The Morgan fingerprint density at radius 3 is 2.22 bits per heavy atom. The van der Waals surface area contributed by atoms with Crippen molar-refractivity contribution in [2.45, 2.75) is 175 Å². The monoisotopic (exact) mass is 1320 g/mol. The number of Topliss-reactive ketones (excluding diaryl/α,β-unsaturated/α-hetero) is 1. The maximum Gasteiger partial charge on any atom is 0.411 e. The number of allylic oxidation sites excluding steroid dienone is 2. The highest BCUT2D eigenvalue weighted by atomic mass is 33.5.